The summed E-state index contributed by atoms with van der Waals surface area (Å²) in [4.78, 5) is 53.1. The van der Waals surface area contributed by atoms with Crippen LogP contribution in [0.1, 0.15) is 27.9 Å². The van der Waals surface area contributed by atoms with Crippen LogP contribution in [-0.4, -0.2) is 34.7 Å². The fourth-order valence-electron chi connectivity index (χ4n) is 3.82. The molecular formula is C26H22FN3O4. The zero-order valence-corrected chi connectivity index (χ0v) is 18.4. The number of hydrogen-bond acceptors (Lipinski definition) is 4. The molecule has 1 aliphatic heterocycles. The molecule has 0 aromatic heterocycles. The van der Waals surface area contributed by atoms with E-state index in [-0.39, 0.29) is 24.1 Å². The molecule has 0 spiro atoms. The van der Waals surface area contributed by atoms with Crippen molar-refractivity contribution >= 4 is 29.3 Å². The number of amides is 4. The maximum Gasteiger partial charge on any atom is 0.273 e. The minimum absolute atomic E-state index is 0.0189. The van der Waals surface area contributed by atoms with E-state index in [2.05, 4.69) is 5.43 Å². The van der Waals surface area contributed by atoms with Gasteiger partial charge in [0.2, 0.25) is 11.8 Å². The molecule has 3 aromatic rings. The first kappa shape index (κ1) is 22.8. The van der Waals surface area contributed by atoms with Crippen LogP contribution in [0.3, 0.4) is 0 Å². The Kier molecular flexibility index (Phi) is 6.49. The third-order valence-corrected chi connectivity index (χ3v) is 5.46. The van der Waals surface area contributed by atoms with Crippen molar-refractivity contribution in [2.24, 2.45) is 0 Å². The second-order valence-electron chi connectivity index (χ2n) is 8.01. The first-order valence-corrected chi connectivity index (χ1v) is 10.7. The Bertz CT molecular complexity index is 1240. The Morgan fingerprint density at radius 2 is 1.71 bits per heavy atom. The highest BCUT2D eigenvalue weighted by Gasteiger charge is 2.45. The second-order valence-corrected chi connectivity index (χ2v) is 8.01. The van der Waals surface area contributed by atoms with Crippen LogP contribution in [0.5, 0.6) is 0 Å². The zero-order valence-electron chi connectivity index (χ0n) is 18.4. The van der Waals surface area contributed by atoms with Crippen LogP contribution in [0.4, 0.5) is 10.1 Å². The summed E-state index contributed by atoms with van der Waals surface area (Å²) in [7, 11) is 0. The van der Waals surface area contributed by atoms with Crippen LogP contribution in [0, 0.1) is 12.7 Å². The maximum absolute atomic E-state index is 13.4. The lowest BCUT2D eigenvalue weighted by Gasteiger charge is -2.28. The number of hydrogen-bond donors (Lipinski definition) is 1. The summed E-state index contributed by atoms with van der Waals surface area (Å²) < 4.78 is 13.3. The van der Waals surface area contributed by atoms with Crippen LogP contribution in [0.2, 0.25) is 0 Å². The number of nitrogens with zero attached hydrogens (tertiary/aromatic N) is 2. The highest BCUT2D eigenvalue weighted by atomic mass is 19.1. The molecule has 1 heterocycles. The normalized spacial score (nSPS) is 15.4. The number of nitrogens with one attached hydrogen (secondary N) is 1. The summed E-state index contributed by atoms with van der Waals surface area (Å²) in [6, 6.07) is 19.3. The molecule has 3 aromatic carbocycles. The van der Waals surface area contributed by atoms with Gasteiger partial charge in [0.15, 0.2) is 0 Å². The summed E-state index contributed by atoms with van der Waals surface area (Å²) in [5.74, 6) is -2.87. The van der Waals surface area contributed by atoms with Crippen molar-refractivity contribution in [2.45, 2.75) is 25.8 Å². The van der Waals surface area contributed by atoms with Crippen molar-refractivity contribution in [2.75, 3.05) is 4.90 Å². The Balaban J connectivity index is 1.63. The van der Waals surface area contributed by atoms with Crippen molar-refractivity contribution in [1.29, 1.82) is 0 Å². The minimum Gasteiger partial charge on any atom is -0.274 e. The molecule has 1 aliphatic rings. The van der Waals surface area contributed by atoms with Crippen LogP contribution in [-0.2, 0) is 20.8 Å². The second kappa shape index (κ2) is 9.66. The number of rotatable bonds is 5. The van der Waals surface area contributed by atoms with Crippen molar-refractivity contribution in [1.82, 2.24) is 10.4 Å². The van der Waals surface area contributed by atoms with Crippen molar-refractivity contribution in [3.8, 4) is 0 Å². The van der Waals surface area contributed by atoms with Crippen molar-refractivity contribution in [3.05, 3.63) is 101 Å². The third kappa shape index (κ3) is 4.85. The van der Waals surface area contributed by atoms with Gasteiger partial charge in [0.05, 0.1) is 18.5 Å². The molecule has 1 saturated heterocycles. The van der Waals surface area contributed by atoms with E-state index in [1.165, 1.54) is 12.1 Å². The molecule has 0 saturated carbocycles. The van der Waals surface area contributed by atoms with E-state index in [1.807, 2.05) is 19.1 Å². The quantitative estimate of drug-likeness (QED) is 0.469. The molecule has 0 bridgehead atoms. The van der Waals surface area contributed by atoms with Gasteiger partial charge in [0.1, 0.15) is 11.9 Å². The lowest BCUT2D eigenvalue weighted by molar-refractivity contribution is -0.128. The van der Waals surface area contributed by atoms with Crippen LogP contribution >= 0.6 is 0 Å². The topological polar surface area (TPSA) is 86.8 Å². The SMILES string of the molecule is Cc1cccc(C(=O)N(NC(=O)Cc2ccccc2)C2CC(=O)N(c3ccc(F)cc3)C2=O)c1. The van der Waals surface area contributed by atoms with Gasteiger partial charge in [-0.1, -0.05) is 48.0 Å². The van der Waals surface area contributed by atoms with Gasteiger partial charge in [-0.3, -0.25) is 24.6 Å². The average Bonchev–Trinajstić information content (AvgIpc) is 3.12. The molecule has 1 fully saturated rings. The van der Waals surface area contributed by atoms with Gasteiger partial charge in [0, 0.05) is 5.56 Å². The lowest BCUT2D eigenvalue weighted by Crippen LogP contribution is -2.55. The highest BCUT2D eigenvalue weighted by Crippen LogP contribution is 2.26. The predicted octanol–water partition coefficient (Wildman–Crippen LogP) is 3.18. The standard InChI is InChI=1S/C26H22FN3O4/c1-17-6-5-9-19(14-17)25(33)30(28-23(31)15-18-7-3-2-4-8-18)22-16-24(32)29(26(22)34)21-12-10-20(27)11-13-21/h2-14,22H,15-16H2,1H3,(H,28,31). The van der Waals surface area contributed by atoms with Gasteiger partial charge < -0.3 is 0 Å². The molecule has 1 unspecified atom stereocenters. The van der Waals surface area contributed by atoms with E-state index < -0.39 is 35.5 Å². The van der Waals surface area contributed by atoms with E-state index in [1.54, 1.807) is 42.5 Å². The van der Waals surface area contributed by atoms with Crippen molar-refractivity contribution < 1.29 is 23.6 Å². The molecule has 8 heteroatoms. The van der Waals surface area contributed by atoms with Gasteiger partial charge >= 0.3 is 0 Å². The number of carbonyl (C=O) groups is 4. The van der Waals surface area contributed by atoms with E-state index >= 15 is 0 Å². The number of halogens is 1. The average molecular weight is 459 g/mol. The maximum atomic E-state index is 13.4. The predicted molar refractivity (Wildman–Crippen MR) is 123 cm³/mol. The number of hydrazine groups is 1. The summed E-state index contributed by atoms with van der Waals surface area (Å²) in [5.41, 5.74) is 4.55. The monoisotopic (exact) mass is 459 g/mol. The van der Waals surface area contributed by atoms with Gasteiger partial charge in [-0.05, 0) is 48.9 Å². The van der Waals surface area contributed by atoms with Crippen molar-refractivity contribution in [3.63, 3.8) is 0 Å². The summed E-state index contributed by atoms with van der Waals surface area (Å²) in [6.07, 6.45) is -0.339. The molecule has 172 valence electrons. The summed E-state index contributed by atoms with van der Waals surface area (Å²) in [5, 5.41) is 0.934. The smallest absolute Gasteiger partial charge is 0.273 e. The van der Waals surface area contributed by atoms with Crippen LogP contribution in [0.25, 0.3) is 0 Å². The molecule has 1 N–H and O–H groups in total. The molecule has 0 aliphatic carbocycles. The van der Waals surface area contributed by atoms with Gasteiger partial charge in [-0.15, -0.1) is 0 Å². The minimum atomic E-state index is -1.25. The Morgan fingerprint density at radius 3 is 2.38 bits per heavy atom. The van der Waals surface area contributed by atoms with E-state index in [9.17, 15) is 23.6 Å². The first-order valence-electron chi connectivity index (χ1n) is 10.7. The number of benzene rings is 3. The fraction of sp³-hybridized carbons (Fsp3) is 0.154. The van der Waals surface area contributed by atoms with Gasteiger partial charge in [-0.2, -0.15) is 0 Å². The number of imide groups is 1. The Hall–Kier alpha value is -4.33. The van der Waals surface area contributed by atoms with Gasteiger partial charge in [0.25, 0.3) is 11.8 Å². The molecule has 34 heavy (non-hydrogen) atoms. The number of aryl methyl sites for hydroxylation is 1. The molecule has 4 amide bonds. The van der Waals surface area contributed by atoms with Crippen LogP contribution < -0.4 is 10.3 Å². The Labute approximate surface area is 195 Å². The molecular weight excluding hydrogens is 437 g/mol. The lowest BCUT2D eigenvalue weighted by atomic mass is 10.1. The number of carbonyl (C=O) groups excluding carboxylic acids is 4. The van der Waals surface area contributed by atoms with E-state index in [0.29, 0.717) is 0 Å². The first-order chi connectivity index (χ1) is 16.3. The van der Waals surface area contributed by atoms with E-state index in [4.69, 9.17) is 0 Å². The van der Waals surface area contributed by atoms with Gasteiger partial charge in [-0.25, -0.2) is 14.3 Å². The molecule has 1 atom stereocenters. The third-order valence-electron chi connectivity index (χ3n) is 5.46. The fourth-order valence-corrected chi connectivity index (χ4v) is 3.82. The highest BCUT2D eigenvalue weighted by molar-refractivity contribution is 6.23. The zero-order chi connectivity index (χ0) is 24.2. The number of anilines is 1. The summed E-state index contributed by atoms with van der Waals surface area (Å²) >= 11 is 0. The summed E-state index contributed by atoms with van der Waals surface area (Å²) in [6.45, 7) is 1.82. The Morgan fingerprint density at radius 1 is 1.00 bits per heavy atom. The van der Waals surface area contributed by atoms with E-state index in [0.717, 1.165) is 33.2 Å². The largest absolute Gasteiger partial charge is 0.274 e. The molecule has 4 rings (SSSR count). The molecule has 7 nitrogen and oxygen atoms in total. The van der Waals surface area contributed by atoms with Crippen LogP contribution in [0.15, 0.2) is 78.9 Å². The molecule has 0 radical (unpaired) electrons.